The topological polar surface area (TPSA) is 98.3 Å². The highest BCUT2D eigenvalue weighted by Gasteiger charge is 2.65. The second kappa shape index (κ2) is 8.40. The number of halogens is 2. The monoisotopic (exact) mass is 480 g/mol. The molecule has 3 heterocycles. The number of rotatable bonds is 6. The molecular formula is C24H22F2N6OS. The lowest BCUT2D eigenvalue weighted by Crippen LogP contribution is -2.39. The van der Waals surface area contributed by atoms with Gasteiger partial charge in [-0.2, -0.15) is 0 Å². The maximum absolute atomic E-state index is 15.0. The van der Waals surface area contributed by atoms with Crippen LogP contribution in [0.1, 0.15) is 25.8 Å². The molecule has 1 unspecified atom stereocenters. The second-order valence-corrected chi connectivity index (χ2v) is 10.0. The van der Waals surface area contributed by atoms with Crippen molar-refractivity contribution in [3.8, 4) is 17.7 Å². The Hall–Kier alpha value is -3.45. The Morgan fingerprint density at radius 1 is 1.32 bits per heavy atom. The third kappa shape index (κ3) is 3.80. The molecule has 2 aliphatic rings. The van der Waals surface area contributed by atoms with E-state index in [9.17, 15) is 4.39 Å². The molecule has 0 bridgehead atoms. The number of ether oxygens (including phenoxy) is 1. The highest BCUT2D eigenvalue weighted by atomic mass is 32.2. The fourth-order valence-electron chi connectivity index (χ4n) is 4.46. The summed E-state index contributed by atoms with van der Waals surface area (Å²) in [4.78, 5) is 17.6. The number of hydrogen-bond acceptors (Lipinski definition) is 8. The molecule has 10 heteroatoms. The van der Waals surface area contributed by atoms with Crippen LogP contribution in [0.3, 0.4) is 0 Å². The van der Waals surface area contributed by atoms with Gasteiger partial charge in [-0.25, -0.2) is 28.7 Å². The molecule has 1 aromatic carbocycles. The van der Waals surface area contributed by atoms with Crippen molar-refractivity contribution in [2.75, 3.05) is 18.6 Å². The maximum Gasteiger partial charge on any atom is 0.233 e. The Morgan fingerprint density at radius 3 is 2.97 bits per heavy atom. The molecule has 1 aliphatic carbocycles. The first-order chi connectivity index (χ1) is 16.4. The van der Waals surface area contributed by atoms with Gasteiger partial charge >= 0.3 is 0 Å². The van der Waals surface area contributed by atoms with Crippen molar-refractivity contribution in [3.05, 3.63) is 48.0 Å². The van der Waals surface area contributed by atoms with Gasteiger partial charge in [-0.3, -0.25) is 0 Å². The quantitative estimate of drug-likeness (QED) is 0.507. The van der Waals surface area contributed by atoms with Gasteiger partial charge in [0, 0.05) is 28.1 Å². The van der Waals surface area contributed by atoms with Crippen molar-refractivity contribution in [1.82, 2.24) is 15.0 Å². The van der Waals surface area contributed by atoms with E-state index >= 15 is 4.39 Å². The highest BCUT2D eigenvalue weighted by molar-refractivity contribution is 8.15. The molecule has 1 fully saturated rings. The summed E-state index contributed by atoms with van der Waals surface area (Å²) in [6.07, 6.45) is 3.80. The molecule has 0 amide bonds. The number of aliphatic imine (C=N–C) groups is 1. The molecular weight excluding hydrogens is 458 g/mol. The molecule has 34 heavy (non-hydrogen) atoms. The lowest BCUT2D eigenvalue weighted by Gasteiger charge is -2.34. The fourth-order valence-corrected chi connectivity index (χ4v) is 5.73. The molecule has 1 saturated carbocycles. The zero-order valence-corrected chi connectivity index (χ0v) is 19.4. The van der Waals surface area contributed by atoms with Gasteiger partial charge in [0.25, 0.3) is 0 Å². The number of hydrogen-bond donors (Lipinski definition) is 2. The minimum atomic E-state index is -1.34. The number of benzene rings is 1. The van der Waals surface area contributed by atoms with Crippen molar-refractivity contribution >= 4 is 39.5 Å². The summed E-state index contributed by atoms with van der Waals surface area (Å²) in [6, 6.07) is 6.16. The molecule has 0 radical (unpaired) electrons. The number of amidine groups is 1. The van der Waals surface area contributed by atoms with E-state index < -0.39 is 18.0 Å². The SMILES string of the molecule is CC#CCOc1cnc2c(Nc3ccc(F)c([C@@]4(CF)N=C(N)S[C@@]5(C)CC54)c3)nccc2n1. The average molecular weight is 481 g/mol. The number of pyridine rings is 1. The first kappa shape index (κ1) is 22.3. The van der Waals surface area contributed by atoms with E-state index in [0.29, 0.717) is 28.4 Å². The van der Waals surface area contributed by atoms with Crippen molar-refractivity contribution in [3.63, 3.8) is 0 Å². The van der Waals surface area contributed by atoms with Crippen LogP contribution in [-0.4, -0.2) is 38.1 Å². The third-order valence-corrected chi connectivity index (χ3v) is 7.43. The second-order valence-electron chi connectivity index (χ2n) is 8.45. The third-order valence-electron chi connectivity index (χ3n) is 6.22. The predicted molar refractivity (Wildman–Crippen MR) is 129 cm³/mol. The van der Waals surface area contributed by atoms with Crippen molar-refractivity contribution < 1.29 is 13.5 Å². The predicted octanol–water partition coefficient (Wildman–Crippen LogP) is 4.31. The largest absolute Gasteiger partial charge is 0.463 e. The van der Waals surface area contributed by atoms with E-state index in [4.69, 9.17) is 10.5 Å². The molecule has 7 nitrogen and oxygen atoms in total. The number of nitrogens with two attached hydrogens (primary N) is 1. The van der Waals surface area contributed by atoms with Crippen LogP contribution < -0.4 is 15.8 Å². The zero-order chi connectivity index (χ0) is 23.9. The molecule has 3 aromatic rings. The van der Waals surface area contributed by atoms with E-state index in [1.54, 1.807) is 31.3 Å². The van der Waals surface area contributed by atoms with E-state index in [0.717, 1.165) is 6.42 Å². The Balaban J connectivity index is 1.49. The molecule has 3 atom stereocenters. The van der Waals surface area contributed by atoms with Gasteiger partial charge in [0.2, 0.25) is 5.88 Å². The minimum absolute atomic E-state index is 0.135. The summed E-state index contributed by atoms with van der Waals surface area (Å²) in [5.41, 5.74) is 6.45. The zero-order valence-electron chi connectivity index (χ0n) is 18.6. The number of anilines is 2. The number of nitrogens with zero attached hydrogens (tertiary/aromatic N) is 4. The smallest absolute Gasteiger partial charge is 0.233 e. The lowest BCUT2D eigenvalue weighted by atomic mass is 9.84. The summed E-state index contributed by atoms with van der Waals surface area (Å²) >= 11 is 1.43. The summed E-state index contributed by atoms with van der Waals surface area (Å²) in [5, 5.41) is 3.44. The first-order valence-electron chi connectivity index (χ1n) is 10.7. The van der Waals surface area contributed by atoms with Gasteiger partial charge < -0.3 is 15.8 Å². The number of nitrogens with one attached hydrogen (secondary N) is 1. The highest BCUT2D eigenvalue weighted by Crippen LogP contribution is 2.65. The van der Waals surface area contributed by atoms with E-state index in [2.05, 4.69) is 37.1 Å². The number of alkyl halides is 1. The van der Waals surface area contributed by atoms with Crippen LogP contribution >= 0.6 is 11.8 Å². The fraction of sp³-hybridized carbons (Fsp3) is 0.333. The van der Waals surface area contributed by atoms with Crippen molar-refractivity contribution in [1.29, 1.82) is 0 Å². The molecule has 5 rings (SSSR count). The van der Waals surface area contributed by atoms with E-state index in [1.165, 1.54) is 24.0 Å². The molecule has 2 aromatic heterocycles. The van der Waals surface area contributed by atoms with Gasteiger partial charge in [-0.1, -0.05) is 17.7 Å². The molecule has 174 valence electrons. The Kier molecular flexibility index (Phi) is 5.52. The normalized spacial score (nSPS) is 25.1. The summed E-state index contributed by atoms with van der Waals surface area (Å²) in [5.74, 6) is 5.67. The number of thioether (sulfide) groups is 1. The standard InChI is InChI=1S/C24H22F2N6OS/c1-3-4-9-33-19-12-29-20-17(31-19)7-8-28-21(20)30-14-5-6-16(26)15(10-14)24(13-25)18-11-23(18,2)34-22(27)32-24/h5-8,10,12,18H,9,11,13H2,1-2H3,(H2,27,32)(H,28,30)/t18?,23-,24+/m0/s1. The van der Waals surface area contributed by atoms with Crippen LogP contribution in [0.25, 0.3) is 11.0 Å². The Labute approximate surface area is 199 Å². The van der Waals surface area contributed by atoms with Gasteiger partial charge in [0.05, 0.1) is 11.7 Å². The van der Waals surface area contributed by atoms with Gasteiger partial charge in [0.1, 0.15) is 23.5 Å². The van der Waals surface area contributed by atoms with E-state index in [-0.39, 0.29) is 28.0 Å². The van der Waals surface area contributed by atoms with Crippen LogP contribution in [0.15, 0.2) is 41.7 Å². The molecule has 3 N–H and O–H groups in total. The number of fused-ring (bicyclic) bond motifs is 2. The van der Waals surface area contributed by atoms with Crippen LogP contribution in [0.2, 0.25) is 0 Å². The summed E-state index contributed by atoms with van der Waals surface area (Å²) < 4.78 is 34.8. The average Bonchev–Trinajstić information content (AvgIpc) is 3.51. The van der Waals surface area contributed by atoms with Crippen LogP contribution in [-0.2, 0) is 5.54 Å². The molecule has 0 spiro atoms. The van der Waals surface area contributed by atoms with Crippen LogP contribution in [0.5, 0.6) is 5.88 Å². The maximum atomic E-state index is 15.0. The van der Waals surface area contributed by atoms with Crippen LogP contribution in [0.4, 0.5) is 20.3 Å². The van der Waals surface area contributed by atoms with Crippen LogP contribution in [0, 0.1) is 23.6 Å². The first-order valence-corrected chi connectivity index (χ1v) is 11.5. The minimum Gasteiger partial charge on any atom is -0.463 e. The molecule has 0 saturated heterocycles. The van der Waals surface area contributed by atoms with Gasteiger partial charge in [0.15, 0.2) is 17.6 Å². The summed E-state index contributed by atoms with van der Waals surface area (Å²) in [6.45, 7) is 3.12. The lowest BCUT2D eigenvalue weighted by molar-refractivity contribution is 0.265. The Bertz CT molecular complexity index is 1370. The van der Waals surface area contributed by atoms with Gasteiger partial charge in [-0.15, -0.1) is 5.92 Å². The molecule has 1 aliphatic heterocycles. The van der Waals surface area contributed by atoms with Gasteiger partial charge in [-0.05, 0) is 44.5 Å². The van der Waals surface area contributed by atoms with Crippen molar-refractivity contribution in [2.45, 2.75) is 30.6 Å². The number of aromatic nitrogens is 3. The van der Waals surface area contributed by atoms with Crippen molar-refractivity contribution in [2.24, 2.45) is 16.6 Å². The van der Waals surface area contributed by atoms with E-state index in [1.807, 2.05) is 6.92 Å². The summed E-state index contributed by atoms with van der Waals surface area (Å²) in [7, 11) is 0. The Morgan fingerprint density at radius 2 is 2.18 bits per heavy atom.